The smallest absolute Gasteiger partial charge is 0.364 e. The molecule has 9 heteroatoms. The first-order chi connectivity index (χ1) is 11.5. The van der Waals surface area contributed by atoms with Crippen molar-refractivity contribution in [2.45, 2.75) is 60.7 Å². The molecule has 0 radical (unpaired) electrons. The maximum atomic E-state index is 11.6. The number of hydrogen-bond acceptors (Lipinski definition) is 7. The quantitative estimate of drug-likeness (QED) is 0.261. The van der Waals surface area contributed by atoms with Gasteiger partial charge in [0.25, 0.3) is 0 Å². The third kappa shape index (κ3) is 11.8. The van der Waals surface area contributed by atoms with E-state index in [1.54, 1.807) is 41.5 Å². The molecule has 0 saturated heterocycles. The summed E-state index contributed by atoms with van der Waals surface area (Å²) in [5.74, 6) is -0.545. The Hall–Kier alpha value is -1.37. The van der Waals surface area contributed by atoms with Gasteiger partial charge in [-0.2, -0.15) is 0 Å². The van der Waals surface area contributed by atoms with Gasteiger partial charge in [0.05, 0.1) is 24.4 Å². The molecule has 0 unspecified atom stereocenters. The number of hydrogen-bond donors (Lipinski definition) is 1. The SMILES string of the molecule is CCNP(=S)(O/C(C)=C/C(=O)OC(C)C)O/C(C)=C/C(=O)OC(C)C. The van der Waals surface area contributed by atoms with Crippen molar-refractivity contribution in [1.82, 2.24) is 5.09 Å². The highest BCUT2D eigenvalue weighted by molar-refractivity contribution is 8.09. The number of carbonyl (C=O) groups excluding carboxylic acids is 2. The van der Waals surface area contributed by atoms with E-state index in [4.69, 9.17) is 30.3 Å². The second kappa shape index (κ2) is 11.3. The summed E-state index contributed by atoms with van der Waals surface area (Å²) in [6.45, 7) is 9.50. The summed E-state index contributed by atoms with van der Waals surface area (Å²) in [6, 6.07) is 0. The first-order valence-electron chi connectivity index (χ1n) is 7.99. The highest BCUT2D eigenvalue weighted by Crippen LogP contribution is 2.48. The van der Waals surface area contributed by atoms with Gasteiger partial charge in [0, 0.05) is 18.4 Å². The van der Waals surface area contributed by atoms with E-state index >= 15 is 0 Å². The standard InChI is InChI=1S/C16H28NO6PS/c1-8-17-24(25,22-13(6)9-15(18)20-11(2)3)23-14(7)10-16(19)21-12(4)5/h9-12H,8H2,1-7H3,(H,17,25)/b13-9+,14-10+. The van der Waals surface area contributed by atoms with Crippen LogP contribution in [0, 0.1) is 0 Å². The number of allylic oxidation sites excluding steroid dienone is 2. The fourth-order valence-electron chi connectivity index (χ4n) is 1.57. The van der Waals surface area contributed by atoms with E-state index in [-0.39, 0.29) is 23.7 Å². The van der Waals surface area contributed by atoms with E-state index < -0.39 is 18.6 Å². The molecule has 0 aliphatic rings. The van der Waals surface area contributed by atoms with Crippen LogP contribution in [0.3, 0.4) is 0 Å². The molecule has 0 aliphatic carbocycles. The molecule has 0 saturated carbocycles. The van der Waals surface area contributed by atoms with E-state index in [2.05, 4.69) is 5.09 Å². The lowest BCUT2D eigenvalue weighted by atomic mass is 10.4. The Kier molecular flexibility index (Phi) is 10.7. The molecule has 0 rings (SSSR count). The molecule has 0 aromatic carbocycles. The lowest BCUT2D eigenvalue weighted by molar-refractivity contribution is -0.142. The molecule has 25 heavy (non-hydrogen) atoms. The van der Waals surface area contributed by atoms with Gasteiger partial charge >= 0.3 is 18.6 Å². The van der Waals surface area contributed by atoms with E-state index in [9.17, 15) is 9.59 Å². The molecule has 0 atom stereocenters. The van der Waals surface area contributed by atoms with E-state index in [1.165, 1.54) is 12.2 Å². The summed E-state index contributed by atoms with van der Waals surface area (Å²) in [7, 11) is 0. The molecule has 7 nitrogen and oxygen atoms in total. The fraction of sp³-hybridized carbons (Fsp3) is 0.625. The second-order valence-corrected chi connectivity index (χ2v) is 8.79. The van der Waals surface area contributed by atoms with Crippen molar-refractivity contribution < 1.29 is 28.1 Å². The van der Waals surface area contributed by atoms with Crippen LogP contribution in [0.15, 0.2) is 23.7 Å². The topological polar surface area (TPSA) is 83.1 Å². The van der Waals surface area contributed by atoms with Crippen LogP contribution in [0.25, 0.3) is 0 Å². The molecule has 0 spiro atoms. The third-order valence-electron chi connectivity index (χ3n) is 2.23. The van der Waals surface area contributed by atoms with Gasteiger partial charge in [-0.1, -0.05) is 6.92 Å². The van der Waals surface area contributed by atoms with Crippen molar-refractivity contribution in [2.24, 2.45) is 0 Å². The summed E-state index contributed by atoms with van der Waals surface area (Å²) in [5.41, 5.74) is 0. The molecule has 0 amide bonds. The molecular formula is C16H28NO6PS. The zero-order valence-corrected chi connectivity index (χ0v) is 17.5. The predicted molar refractivity (Wildman–Crippen MR) is 100 cm³/mol. The summed E-state index contributed by atoms with van der Waals surface area (Å²) in [4.78, 5) is 23.3. The van der Waals surface area contributed by atoms with Gasteiger partial charge in [0.1, 0.15) is 11.5 Å². The minimum atomic E-state index is -2.98. The zero-order chi connectivity index (χ0) is 19.6. The molecule has 144 valence electrons. The normalized spacial score (nSPS) is 13.0. The van der Waals surface area contributed by atoms with Gasteiger partial charge in [0.2, 0.25) is 0 Å². The third-order valence-corrected chi connectivity index (χ3v) is 4.82. The van der Waals surface area contributed by atoms with Crippen LogP contribution in [0.5, 0.6) is 0 Å². The molecule has 0 aliphatic heterocycles. The first-order valence-corrected chi connectivity index (χ1v) is 10.6. The highest BCUT2D eigenvalue weighted by Gasteiger charge is 2.22. The summed E-state index contributed by atoms with van der Waals surface area (Å²) in [6.07, 6.45) is 1.94. The monoisotopic (exact) mass is 393 g/mol. The number of ether oxygens (including phenoxy) is 2. The van der Waals surface area contributed by atoms with Crippen LogP contribution in [0.4, 0.5) is 0 Å². The Balaban J connectivity index is 5.07. The Morgan fingerprint density at radius 3 is 1.60 bits per heavy atom. The highest BCUT2D eigenvalue weighted by atomic mass is 32.5. The van der Waals surface area contributed by atoms with Crippen molar-refractivity contribution in [3.8, 4) is 0 Å². The van der Waals surface area contributed by atoms with Crippen LogP contribution in [0.2, 0.25) is 0 Å². The van der Waals surface area contributed by atoms with Gasteiger partial charge in [-0.25, -0.2) is 14.7 Å². The second-order valence-electron chi connectivity index (χ2n) is 5.67. The van der Waals surface area contributed by atoms with Crippen LogP contribution in [0.1, 0.15) is 48.5 Å². The average molecular weight is 393 g/mol. The number of nitrogens with one attached hydrogen (secondary N) is 1. The van der Waals surface area contributed by atoms with Gasteiger partial charge in [-0.3, -0.25) is 0 Å². The molecular weight excluding hydrogens is 365 g/mol. The van der Waals surface area contributed by atoms with Crippen LogP contribution < -0.4 is 5.09 Å². The molecule has 0 fully saturated rings. The maximum absolute atomic E-state index is 11.6. The Morgan fingerprint density at radius 1 is 0.960 bits per heavy atom. The Morgan fingerprint density at radius 2 is 1.32 bits per heavy atom. The van der Waals surface area contributed by atoms with Crippen LogP contribution >= 0.6 is 6.64 Å². The van der Waals surface area contributed by atoms with Gasteiger partial charge < -0.3 is 18.5 Å². The summed E-state index contributed by atoms with van der Waals surface area (Å²) >= 11 is 5.40. The fourth-order valence-corrected chi connectivity index (χ4v) is 4.08. The van der Waals surface area contributed by atoms with Gasteiger partial charge in [-0.15, -0.1) is 0 Å². The largest absolute Gasteiger partial charge is 0.460 e. The number of esters is 2. The molecule has 0 aromatic heterocycles. The number of carbonyl (C=O) groups is 2. The summed E-state index contributed by atoms with van der Waals surface area (Å²) < 4.78 is 21.3. The van der Waals surface area contributed by atoms with Crippen molar-refractivity contribution >= 4 is 30.4 Å². The molecule has 0 bridgehead atoms. The zero-order valence-electron chi connectivity index (χ0n) is 15.8. The van der Waals surface area contributed by atoms with E-state index in [0.717, 1.165) is 0 Å². The van der Waals surface area contributed by atoms with Gasteiger partial charge in [-0.05, 0) is 41.5 Å². The minimum absolute atomic E-state index is 0.234. The Bertz CT molecular complexity index is 527. The van der Waals surface area contributed by atoms with Crippen molar-refractivity contribution in [3.63, 3.8) is 0 Å². The van der Waals surface area contributed by atoms with Crippen LogP contribution in [-0.4, -0.2) is 30.7 Å². The van der Waals surface area contributed by atoms with E-state index in [0.29, 0.717) is 6.54 Å². The van der Waals surface area contributed by atoms with Crippen LogP contribution in [-0.2, 0) is 39.9 Å². The van der Waals surface area contributed by atoms with Crippen molar-refractivity contribution in [2.75, 3.05) is 6.54 Å². The lowest BCUT2D eigenvalue weighted by Crippen LogP contribution is -2.15. The van der Waals surface area contributed by atoms with Crippen molar-refractivity contribution in [3.05, 3.63) is 23.7 Å². The summed E-state index contributed by atoms with van der Waals surface area (Å²) in [5, 5.41) is 2.94. The van der Waals surface area contributed by atoms with Crippen molar-refractivity contribution in [1.29, 1.82) is 0 Å². The van der Waals surface area contributed by atoms with Gasteiger partial charge in [0.15, 0.2) is 0 Å². The molecule has 0 aromatic rings. The number of rotatable bonds is 10. The van der Waals surface area contributed by atoms with E-state index in [1.807, 2.05) is 6.92 Å². The average Bonchev–Trinajstić information content (AvgIpc) is 2.34. The lowest BCUT2D eigenvalue weighted by Gasteiger charge is -2.24. The maximum Gasteiger partial charge on any atom is 0.364 e. The minimum Gasteiger partial charge on any atom is -0.460 e. The predicted octanol–water partition coefficient (Wildman–Crippen LogP) is 3.56. The first kappa shape index (κ1) is 23.6. The Labute approximate surface area is 155 Å². The molecule has 1 N–H and O–H groups in total. The molecule has 0 heterocycles.